The topological polar surface area (TPSA) is 3.24 Å². The van der Waals surface area contributed by atoms with Crippen LogP contribution in [0.1, 0.15) is 22.3 Å². The van der Waals surface area contributed by atoms with E-state index in [0.29, 0.717) is 0 Å². The van der Waals surface area contributed by atoms with Crippen molar-refractivity contribution in [3.63, 3.8) is 0 Å². The summed E-state index contributed by atoms with van der Waals surface area (Å²) < 4.78 is 5.24. The van der Waals surface area contributed by atoms with Gasteiger partial charge in [-0.25, -0.2) is 0 Å². The summed E-state index contributed by atoms with van der Waals surface area (Å²) in [4.78, 5) is 2.53. The SMILES string of the molecule is c1ccc(N(c2ccc3c(c2)C2(c4ccccc4-c4ccccc42)c2ccccc2-3)c2ccc3sc4ccccc4c3c2)c(-c2cccc3sc4ccccc4c23)c1. The molecular weight excluding hydrogens is 739 g/mol. The number of thiophene rings is 2. The van der Waals surface area contributed by atoms with Crippen LogP contribution in [0.15, 0.2) is 200 Å². The number of anilines is 3. The van der Waals surface area contributed by atoms with Gasteiger partial charge in [0.1, 0.15) is 0 Å². The lowest BCUT2D eigenvalue weighted by Gasteiger charge is -2.32. The van der Waals surface area contributed by atoms with Crippen LogP contribution in [0, 0.1) is 0 Å². The molecule has 0 atom stereocenters. The number of fused-ring (bicyclic) bond motifs is 16. The van der Waals surface area contributed by atoms with Crippen LogP contribution in [0.2, 0.25) is 0 Å². The minimum Gasteiger partial charge on any atom is -0.310 e. The van der Waals surface area contributed by atoms with Crippen LogP contribution in [0.25, 0.3) is 73.7 Å². The molecule has 0 unspecified atom stereocenters. The quantitative estimate of drug-likeness (QED) is 0.172. The maximum Gasteiger partial charge on any atom is 0.0726 e. The number of hydrogen-bond acceptors (Lipinski definition) is 3. The first-order chi connectivity index (χ1) is 28.8. The number of para-hydroxylation sites is 1. The predicted molar refractivity (Wildman–Crippen MR) is 249 cm³/mol. The van der Waals surface area contributed by atoms with Gasteiger partial charge in [-0.3, -0.25) is 0 Å². The van der Waals surface area contributed by atoms with Crippen LogP contribution < -0.4 is 4.90 Å². The summed E-state index contributed by atoms with van der Waals surface area (Å²) in [5, 5.41) is 5.21. The van der Waals surface area contributed by atoms with Crippen LogP contribution in [-0.2, 0) is 5.41 Å². The Hall–Kier alpha value is -6.78. The Morgan fingerprint density at radius 2 is 0.793 bits per heavy atom. The van der Waals surface area contributed by atoms with Crippen molar-refractivity contribution in [2.24, 2.45) is 0 Å². The monoisotopic (exact) mass is 771 g/mol. The second kappa shape index (κ2) is 12.1. The van der Waals surface area contributed by atoms with E-state index in [1.54, 1.807) is 0 Å². The molecule has 3 heteroatoms. The second-order valence-electron chi connectivity index (χ2n) is 15.5. The highest BCUT2D eigenvalue weighted by Gasteiger charge is 2.51. The third kappa shape index (κ3) is 4.30. The fourth-order valence-electron chi connectivity index (χ4n) is 10.4. The highest BCUT2D eigenvalue weighted by Crippen LogP contribution is 2.63. The van der Waals surface area contributed by atoms with Gasteiger partial charge in [-0.2, -0.15) is 0 Å². The van der Waals surface area contributed by atoms with Crippen molar-refractivity contribution in [1.29, 1.82) is 0 Å². The minimum atomic E-state index is -0.436. The van der Waals surface area contributed by atoms with Crippen molar-refractivity contribution in [2.45, 2.75) is 5.41 Å². The maximum atomic E-state index is 2.53. The average molecular weight is 772 g/mol. The number of hydrogen-bond donors (Lipinski definition) is 0. The van der Waals surface area contributed by atoms with E-state index in [2.05, 4.69) is 205 Å². The molecule has 9 aromatic carbocycles. The second-order valence-corrected chi connectivity index (χ2v) is 17.7. The fourth-order valence-corrected chi connectivity index (χ4v) is 12.6. The van der Waals surface area contributed by atoms with Crippen molar-refractivity contribution >= 4 is 80.1 Å². The third-order valence-corrected chi connectivity index (χ3v) is 15.0. The highest BCUT2D eigenvalue weighted by molar-refractivity contribution is 7.26. The van der Waals surface area contributed by atoms with Crippen molar-refractivity contribution in [3.05, 3.63) is 222 Å². The van der Waals surface area contributed by atoms with E-state index in [1.165, 1.54) is 96.0 Å². The minimum absolute atomic E-state index is 0.436. The Bertz CT molecular complexity index is 3430. The van der Waals surface area contributed by atoms with Crippen LogP contribution in [0.4, 0.5) is 17.1 Å². The molecule has 0 amide bonds. The molecule has 1 nitrogen and oxygen atoms in total. The summed E-state index contributed by atoms with van der Waals surface area (Å²) >= 11 is 3.74. The van der Waals surface area contributed by atoms with Gasteiger partial charge < -0.3 is 4.90 Å². The third-order valence-electron chi connectivity index (χ3n) is 12.7. The molecule has 11 aromatic rings. The van der Waals surface area contributed by atoms with Crippen molar-refractivity contribution in [3.8, 4) is 33.4 Å². The summed E-state index contributed by atoms with van der Waals surface area (Å²) in [7, 11) is 0. The maximum absolute atomic E-state index is 2.53. The lowest BCUT2D eigenvalue weighted by atomic mass is 9.70. The Morgan fingerprint density at radius 3 is 1.52 bits per heavy atom. The van der Waals surface area contributed by atoms with Gasteiger partial charge in [-0.05, 0) is 105 Å². The van der Waals surface area contributed by atoms with Crippen LogP contribution in [0.5, 0.6) is 0 Å². The van der Waals surface area contributed by atoms with Crippen LogP contribution in [0.3, 0.4) is 0 Å². The van der Waals surface area contributed by atoms with Gasteiger partial charge in [0.25, 0.3) is 0 Å². The molecule has 1 spiro atoms. The van der Waals surface area contributed by atoms with Crippen LogP contribution >= 0.6 is 22.7 Å². The van der Waals surface area contributed by atoms with E-state index in [9.17, 15) is 0 Å². The predicted octanol–water partition coefficient (Wildman–Crippen LogP) is 15.9. The smallest absolute Gasteiger partial charge is 0.0726 e. The Balaban J connectivity index is 1.11. The van der Waals surface area contributed by atoms with Gasteiger partial charge in [0.2, 0.25) is 0 Å². The average Bonchev–Trinajstić information content (AvgIpc) is 4.02. The Morgan fingerprint density at radius 1 is 0.310 bits per heavy atom. The zero-order valence-electron chi connectivity index (χ0n) is 31.3. The number of benzene rings is 9. The zero-order chi connectivity index (χ0) is 38.0. The van der Waals surface area contributed by atoms with E-state index in [0.717, 1.165) is 17.1 Å². The van der Waals surface area contributed by atoms with E-state index in [-0.39, 0.29) is 0 Å². The largest absolute Gasteiger partial charge is 0.310 e. The molecule has 0 saturated heterocycles. The zero-order valence-corrected chi connectivity index (χ0v) is 32.9. The molecule has 2 aliphatic rings. The Kier molecular flexibility index (Phi) is 6.75. The van der Waals surface area contributed by atoms with Crippen molar-refractivity contribution < 1.29 is 0 Å². The van der Waals surface area contributed by atoms with Gasteiger partial charge in [-0.15, -0.1) is 22.7 Å². The summed E-state index contributed by atoms with van der Waals surface area (Å²) in [5.74, 6) is 0. The summed E-state index contributed by atoms with van der Waals surface area (Å²) in [6, 6.07) is 75.1. The molecule has 0 radical (unpaired) electrons. The lowest BCUT2D eigenvalue weighted by Crippen LogP contribution is -2.26. The summed E-state index contributed by atoms with van der Waals surface area (Å²) in [5.41, 5.74) is 16.1. The molecule has 0 N–H and O–H groups in total. The molecule has 2 aliphatic carbocycles. The van der Waals surface area contributed by atoms with E-state index in [1.807, 2.05) is 22.7 Å². The van der Waals surface area contributed by atoms with Gasteiger partial charge in [-0.1, -0.05) is 146 Å². The van der Waals surface area contributed by atoms with Crippen LogP contribution in [-0.4, -0.2) is 0 Å². The molecule has 2 heterocycles. The number of nitrogens with zero attached hydrogens (tertiary/aromatic N) is 1. The van der Waals surface area contributed by atoms with Gasteiger partial charge in [0.05, 0.1) is 11.1 Å². The fraction of sp³-hybridized carbons (Fsp3) is 0.0182. The van der Waals surface area contributed by atoms with E-state index in [4.69, 9.17) is 0 Å². The molecule has 58 heavy (non-hydrogen) atoms. The van der Waals surface area contributed by atoms with Crippen molar-refractivity contribution in [1.82, 2.24) is 0 Å². The summed E-state index contributed by atoms with van der Waals surface area (Å²) in [6.45, 7) is 0. The standard InChI is InChI=1S/C55H33NS2/c1-7-21-45-36(14-1)37-15-2-8-22-46(37)55(45)47-23-9-3-16-38(47)39-30-28-35(33-48(39)55)56(34-29-31-52-44(32-34)41-18-5-11-25-50(41)57-52)49-24-10-4-17-40(49)42-20-13-27-53-54(42)43-19-6-12-26-51(43)58-53/h1-33H. The molecule has 0 aliphatic heterocycles. The highest BCUT2D eigenvalue weighted by atomic mass is 32.1. The van der Waals surface area contributed by atoms with E-state index < -0.39 is 5.41 Å². The molecule has 2 aromatic heterocycles. The van der Waals surface area contributed by atoms with Crippen molar-refractivity contribution in [2.75, 3.05) is 4.90 Å². The van der Waals surface area contributed by atoms with E-state index >= 15 is 0 Å². The molecular formula is C55H33NS2. The first-order valence-electron chi connectivity index (χ1n) is 19.9. The lowest BCUT2D eigenvalue weighted by molar-refractivity contribution is 0.793. The van der Waals surface area contributed by atoms with Gasteiger partial charge in [0.15, 0.2) is 0 Å². The summed E-state index contributed by atoms with van der Waals surface area (Å²) in [6.07, 6.45) is 0. The molecule has 270 valence electrons. The molecule has 0 saturated carbocycles. The van der Waals surface area contributed by atoms with Gasteiger partial charge >= 0.3 is 0 Å². The normalized spacial score (nSPS) is 13.3. The first-order valence-corrected chi connectivity index (χ1v) is 21.6. The Labute approximate surface area is 344 Å². The molecule has 0 fully saturated rings. The molecule has 13 rings (SSSR count). The molecule has 0 bridgehead atoms. The number of rotatable bonds is 4. The van der Waals surface area contributed by atoms with Gasteiger partial charge in [0, 0.05) is 57.3 Å². The first kappa shape index (κ1) is 32.3.